The molecule has 0 atom stereocenters. The highest BCUT2D eigenvalue weighted by Gasteiger charge is 2.19. The number of nitriles is 1. The van der Waals surface area contributed by atoms with Crippen molar-refractivity contribution in [3.8, 4) is 23.3 Å². The largest absolute Gasteiger partial charge is 0.497 e. The number of benzene rings is 3. The number of anilines is 2. The summed E-state index contributed by atoms with van der Waals surface area (Å²) in [7, 11) is -2.42. The van der Waals surface area contributed by atoms with Crippen LogP contribution in [0.15, 0.2) is 90.0 Å². The van der Waals surface area contributed by atoms with E-state index in [4.69, 9.17) is 14.7 Å². The smallest absolute Gasteiger partial charge is 0.261 e. The summed E-state index contributed by atoms with van der Waals surface area (Å²) in [5.74, 6) is 0.976. The minimum absolute atomic E-state index is 0.0631. The number of nitrogens with zero attached hydrogens (tertiary/aromatic N) is 2. The number of carbonyl (C=O) groups excluding carboxylic acids is 1. The van der Waals surface area contributed by atoms with Crippen LogP contribution in [0.25, 0.3) is 0 Å². The maximum absolute atomic E-state index is 13.1. The molecule has 0 aliphatic rings. The van der Waals surface area contributed by atoms with E-state index in [1.165, 1.54) is 42.6 Å². The molecule has 1 heterocycles. The highest BCUT2D eigenvalue weighted by Crippen LogP contribution is 2.32. The predicted molar refractivity (Wildman–Crippen MR) is 138 cm³/mol. The summed E-state index contributed by atoms with van der Waals surface area (Å²) in [5.41, 5.74) is 1.58. The molecule has 37 heavy (non-hydrogen) atoms. The number of amides is 1. The standard InChI is InChI=1S/C27H22N4O5S/c1-18-3-12-24(13-4-18)37(33,34)31-26-15-23(36-22-9-7-21(35-2)8-10-22)11-14-25(26)30-27(32)19-5-6-20(16-28)29-17-19/h3-15,17,31H,1-2H3,(H,30,32). The number of hydrogen-bond acceptors (Lipinski definition) is 7. The molecule has 0 aliphatic heterocycles. The lowest BCUT2D eigenvalue weighted by Crippen LogP contribution is -2.17. The molecular formula is C27H22N4O5S. The molecular weight excluding hydrogens is 492 g/mol. The van der Waals surface area contributed by atoms with Gasteiger partial charge in [0.15, 0.2) is 0 Å². The minimum Gasteiger partial charge on any atom is -0.497 e. The van der Waals surface area contributed by atoms with Crippen molar-refractivity contribution in [2.24, 2.45) is 0 Å². The molecule has 0 bridgehead atoms. The average Bonchev–Trinajstić information content (AvgIpc) is 2.90. The zero-order valence-corrected chi connectivity index (χ0v) is 20.7. The van der Waals surface area contributed by atoms with Crippen LogP contribution in [0.1, 0.15) is 21.6 Å². The number of ether oxygens (including phenoxy) is 2. The Hall–Kier alpha value is -4.88. The van der Waals surface area contributed by atoms with Crippen LogP contribution in [0.4, 0.5) is 11.4 Å². The van der Waals surface area contributed by atoms with E-state index in [-0.39, 0.29) is 27.5 Å². The van der Waals surface area contributed by atoms with Crippen LogP contribution in [0.3, 0.4) is 0 Å². The highest BCUT2D eigenvalue weighted by atomic mass is 32.2. The van der Waals surface area contributed by atoms with E-state index in [1.807, 2.05) is 13.0 Å². The number of pyridine rings is 1. The van der Waals surface area contributed by atoms with Crippen LogP contribution in [0, 0.1) is 18.3 Å². The van der Waals surface area contributed by atoms with E-state index in [0.717, 1.165) is 5.56 Å². The lowest BCUT2D eigenvalue weighted by atomic mass is 10.2. The van der Waals surface area contributed by atoms with E-state index < -0.39 is 15.9 Å². The van der Waals surface area contributed by atoms with Crippen molar-refractivity contribution in [1.29, 1.82) is 5.26 Å². The van der Waals surface area contributed by atoms with E-state index in [1.54, 1.807) is 49.6 Å². The third kappa shape index (κ3) is 6.22. The summed E-state index contributed by atoms with van der Waals surface area (Å²) in [6.07, 6.45) is 1.27. The lowest BCUT2D eigenvalue weighted by molar-refractivity contribution is 0.102. The van der Waals surface area contributed by atoms with Crippen LogP contribution in [-0.2, 0) is 10.0 Å². The van der Waals surface area contributed by atoms with E-state index in [9.17, 15) is 13.2 Å². The van der Waals surface area contributed by atoms with Crippen molar-refractivity contribution in [3.63, 3.8) is 0 Å². The zero-order valence-electron chi connectivity index (χ0n) is 19.9. The second-order valence-electron chi connectivity index (χ2n) is 7.90. The Balaban J connectivity index is 1.66. The third-order valence-electron chi connectivity index (χ3n) is 5.25. The molecule has 0 unspecified atom stereocenters. The quantitative estimate of drug-likeness (QED) is 0.334. The Morgan fingerprint density at radius 1 is 0.892 bits per heavy atom. The monoisotopic (exact) mass is 514 g/mol. The van der Waals surface area contributed by atoms with Gasteiger partial charge in [0, 0.05) is 12.3 Å². The topological polar surface area (TPSA) is 130 Å². The average molecular weight is 515 g/mol. The van der Waals surface area contributed by atoms with Crippen molar-refractivity contribution in [3.05, 3.63) is 102 Å². The van der Waals surface area contributed by atoms with Crippen LogP contribution in [-0.4, -0.2) is 26.4 Å². The van der Waals surface area contributed by atoms with Gasteiger partial charge in [0.05, 0.1) is 28.9 Å². The van der Waals surface area contributed by atoms with Crippen LogP contribution in [0.5, 0.6) is 17.2 Å². The third-order valence-corrected chi connectivity index (χ3v) is 6.63. The first-order valence-corrected chi connectivity index (χ1v) is 12.5. The van der Waals surface area contributed by atoms with Crippen molar-refractivity contribution in [2.75, 3.05) is 17.1 Å². The van der Waals surface area contributed by atoms with Crippen LogP contribution >= 0.6 is 0 Å². The summed E-state index contributed by atoms with van der Waals surface area (Å²) in [6, 6.07) is 22.6. The number of nitrogens with one attached hydrogen (secondary N) is 2. The Bertz CT molecular complexity index is 1560. The number of rotatable bonds is 8. The first kappa shape index (κ1) is 25.2. The minimum atomic E-state index is -3.98. The maximum atomic E-state index is 13.1. The SMILES string of the molecule is COc1ccc(Oc2ccc(NC(=O)c3ccc(C#N)nc3)c(NS(=O)(=O)c3ccc(C)cc3)c2)cc1. The number of methoxy groups -OCH3 is 1. The number of carbonyl (C=O) groups is 1. The molecule has 10 heteroatoms. The molecule has 3 aromatic carbocycles. The van der Waals surface area contributed by atoms with Gasteiger partial charge in [0.1, 0.15) is 29.0 Å². The number of hydrogen-bond donors (Lipinski definition) is 2. The summed E-state index contributed by atoms with van der Waals surface area (Å²) in [4.78, 5) is 16.8. The molecule has 2 N–H and O–H groups in total. The van der Waals surface area contributed by atoms with E-state index in [2.05, 4.69) is 15.0 Å². The Kier molecular flexibility index (Phi) is 7.36. The van der Waals surface area contributed by atoms with E-state index in [0.29, 0.717) is 17.2 Å². The fourth-order valence-electron chi connectivity index (χ4n) is 3.27. The van der Waals surface area contributed by atoms with Crippen molar-refractivity contribution in [2.45, 2.75) is 11.8 Å². The normalized spacial score (nSPS) is 10.7. The fourth-order valence-corrected chi connectivity index (χ4v) is 4.34. The van der Waals surface area contributed by atoms with Gasteiger partial charge >= 0.3 is 0 Å². The van der Waals surface area contributed by atoms with Crippen LogP contribution < -0.4 is 19.5 Å². The van der Waals surface area contributed by atoms with Crippen molar-refractivity contribution in [1.82, 2.24) is 4.98 Å². The molecule has 0 saturated carbocycles. The van der Waals surface area contributed by atoms with Gasteiger partial charge in [-0.25, -0.2) is 13.4 Å². The number of aromatic nitrogens is 1. The van der Waals surface area contributed by atoms with Gasteiger partial charge < -0.3 is 14.8 Å². The van der Waals surface area contributed by atoms with Crippen LogP contribution in [0.2, 0.25) is 0 Å². The Morgan fingerprint density at radius 3 is 2.19 bits per heavy atom. The van der Waals surface area contributed by atoms with Gasteiger partial charge in [-0.05, 0) is 67.6 Å². The number of sulfonamides is 1. The molecule has 4 rings (SSSR count). The number of aryl methyl sites for hydroxylation is 1. The molecule has 4 aromatic rings. The van der Waals surface area contributed by atoms with Gasteiger partial charge in [0.2, 0.25) is 0 Å². The molecule has 0 fully saturated rings. The second-order valence-corrected chi connectivity index (χ2v) is 9.58. The molecule has 186 valence electrons. The molecule has 0 saturated heterocycles. The van der Waals surface area contributed by atoms with Crippen molar-refractivity contribution >= 4 is 27.3 Å². The molecule has 9 nitrogen and oxygen atoms in total. The summed E-state index contributed by atoms with van der Waals surface area (Å²) in [6.45, 7) is 1.86. The van der Waals surface area contributed by atoms with Gasteiger partial charge in [-0.1, -0.05) is 17.7 Å². The Morgan fingerprint density at radius 2 is 1.57 bits per heavy atom. The summed E-state index contributed by atoms with van der Waals surface area (Å²) in [5, 5.41) is 11.6. The molecule has 1 amide bonds. The van der Waals surface area contributed by atoms with Gasteiger partial charge in [-0.2, -0.15) is 5.26 Å². The van der Waals surface area contributed by atoms with Gasteiger partial charge in [0.25, 0.3) is 15.9 Å². The van der Waals surface area contributed by atoms with E-state index >= 15 is 0 Å². The first-order chi connectivity index (χ1) is 17.8. The molecule has 0 spiro atoms. The fraction of sp³-hybridized carbons (Fsp3) is 0.0741. The first-order valence-electron chi connectivity index (χ1n) is 11.0. The van der Waals surface area contributed by atoms with Gasteiger partial charge in [-0.15, -0.1) is 0 Å². The highest BCUT2D eigenvalue weighted by molar-refractivity contribution is 7.92. The van der Waals surface area contributed by atoms with Crippen molar-refractivity contribution < 1.29 is 22.7 Å². The molecule has 0 aliphatic carbocycles. The molecule has 0 radical (unpaired) electrons. The molecule has 1 aromatic heterocycles. The predicted octanol–water partition coefficient (Wildman–Crippen LogP) is 5.12. The second kappa shape index (κ2) is 10.8. The maximum Gasteiger partial charge on any atom is 0.261 e. The summed E-state index contributed by atoms with van der Waals surface area (Å²) < 4.78 is 39.8. The lowest BCUT2D eigenvalue weighted by Gasteiger charge is -2.16. The summed E-state index contributed by atoms with van der Waals surface area (Å²) >= 11 is 0. The Labute approximate surface area is 214 Å². The van der Waals surface area contributed by atoms with Gasteiger partial charge in [-0.3, -0.25) is 9.52 Å². The zero-order chi connectivity index (χ0) is 26.4.